The highest BCUT2D eigenvalue weighted by atomic mass is 31.2. The van der Waals surface area contributed by atoms with Crippen molar-refractivity contribution >= 4 is 13.6 Å². The molecule has 7 heteroatoms. The van der Waals surface area contributed by atoms with Crippen molar-refractivity contribution < 1.29 is 28.3 Å². The molecule has 0 unspecified atom stereocenters. The van der Waals surface area contributed by atoms with E-state index in [1.54, 1.807) is 20.8 Å². The van der Waals surface area contributed by atoms with E-state index >= 15 is 0 Å². The van der Waals surface area contributed by atoms with Crippen LogP contribution in [0.2, 0.25) is 0 Å². The van der Waals surface area contributed by atoms with E-state index < -0.39 is 25.3 Å². The van der Waals surface area contributed by atoms with Crippen molar-refractivity contribution in [1.82, 2.24) is 0 Å². The summed E-state index contributed by atoms with van der Waals surface area (Å²) in [4.78, 5) is 11.3. The zero-order valence-corrected chi connectivity index (χ0v) is 11.7. The Labute approximate surface area is 102 Å². The summed E-state index contributed by atoms with van der Waals surface area (Å²) >= 11 is 0. The van der Waals surface area contributed by atoms with Gasteiger partial charge in [0.05, 0.1) is 26.2 Å². The van der Waals surface area contributed by atoms with Gasteiger partial charge in [-0.25, -0.2) is 0 Å². The molecule has 0 amide bonds. The normalized spacial score (nSPS) is 15.4. The van der Waals surface area contributed by atoms with Crippen molar-refractivity contribution in [2.24, 2.45) is 0 Å². The first-order valence-electron chi connectivity index (χ1n) is 5.60. The van der Waals surface area contributed by atoms with Gasteiger partial charge >= 0.3 is 13.6 Å². The topological polar surface area (TPSA) is 82.1 Å². The van der Waals surface area contributed by atoms with Crippen molar-refractivity contribution in [3.63, 3.8) is 0 Å². The fraction of sp³-hybridized carbons (Fsp3) is 0.900. The largest absolute Gasteiger partial charge is 0.466 e. The van der Waals surface area contributed by atoms with Crippen molar-refractivity contribution in [2.45, 2.75) is 39.5 Å². The smallest absolute Gasteiger partial charge is 0.362 e. The molecule has 1 atom stereocenters. The molecule has 6 nitrogen and oxygen atoms in total. The molecule has 0 aliphatic carbocycles. The van der Waals surface area contributed by atoms with Gasteiger partial charge < -0.3 is 18.9 Å². The van der Waals surface area contributed by atoms with Crippen LogP contribution < -0.4 is 0 Å². The second-order valence-corrected chi connectivity index (χ2v) is 6.01. The minimum Gasteiger partial charge on any atom is -0.466 e. The van der Waals surface area contributed by atoms with Crippen molar-refractivity contribution in [1.29, 1.82) is 0 Å². The number of rotatable bonds is 8. The van der Waals surface area contributed by atoms with E-state index in [2.05, 4.69) is 0 Å². The predicted molar refractivity (Wildman–Crippen MR) is 62.7 cm³/mol. The number of ether oxygens (including phenoxy) is 1. The van der Waals surface area contributed by atoms with E-state index in [1.807, 2.05) is 0 Å². The van der Waals surface area contributed by atoms with Crippen molar-refractivity contribution in [3.05, 3.63) is 0 Å². The molecule has 0 radical (unpaired) electrons. The molecule has 0 fully saturated rings. The van der Waals surface area contributed by atoms with Crippen LogP contribution in [0.25, 0.3) is 0 Å². The lowest BCUT2D eigenvalue weighted by Crippen LogP contribution is -2.31. The molecule has 0 saturated carbocycles. The third kappa shape index (κ3) is 4.76. The third-order valence-electron chi connectivity index (χ3n) is 1.97. The van der Waals surface area contributed by atoms with Gasteiger partial charge in [-0.05, 0) is 27.7 Å². The lowest BCUT2D eigenvalue weighted by atomic mass is 10.3. The number of aliphatic hydroxyl groups is 1. The van der Waals surface area contributed by atoms with Crippen LogP contribution in [-0.4, -0.2) is 36.2 Å². The summed E-state index contributed by atoms with van der Waals surface area (Å²) in [6.45, 7) is 6.60. The minimum atomic E-state index is -3.75. The monoisotopic (exact) mass is 268 g/mol. The molecule has 0 aromatic heterocycles. The van der Waals surface area contributed by atoms with E-state index in [4.69, 9.17) is 13.8 Å². The Hall–Kier alpha value is -0.420. The van der Waals surface area contributed by atoms with Crippen molar-refractivity contribution in [3.8, 4) is 0 Å². The molecule has 0 saturated heterocycles. The average Bonchev–Trinajstić information content (AvgIpc) is 2.17. The summed E-state index contributed by atoms with van der Waals surface area (Å²) in [6.07, 6.45) is -0.432. The fourth-order valence-corrected chi connectivity index (χ4v) is 2.87. The van der Waals surface area contributed by atoms with Crippen molar-refractivity contribution in [2.75, 3.05) is 19.8 Å². The van der Waals surface area contributed by atoms with E-state index in [-0.39, 0.29) is 19.8 Å². The zero-order valence-electron chi connectivity index (χ0n) is 10.8. The predicted octanol–water partition coefficient (Wildman–Crippen LogP) is 1.91. The van der Waals surface area contributed by atoms with Gasteiger partial charge in [-0.1, -0.05) is 0 Å². The first-order chi connectivity index (χ1) is 7.83. The highest BCUT2D eigenvalue weighted by Crippen LogP contribution is 2.60. The number of esters is 1. The quantitative estimate of drug-likeness (QED) is 0.535. The molecule has 0 aromatic rings. The van der Waals surface area contributed by atoms with Crippen LogP contribution in [0.1, 0.15) is 34.1 Å². The number of hydrogen-bond acceptors (Lipinski definition) is 6. The van der Waals surface area contributed by atoms with E-state index in [0.29, 0.717) is 0 Å². The van der Waals surface area contributed by atoms with Gasteiger partial charge in [0.2, 0.25) is 0 Å². The molecule has 1 N–H and O–H groups in total. The maximum atomic E-state index is 12.3. The second-order valence-electron chi connectivity index (χ2n) is 3.53. The molecule has 0 rings (SSSR count). The standard InChI is InChI=1S/C10H21O6P/c1-5-14-9(11)8-10(4,12)17(13,15-6-2)16-7-3/h12H,5-8H2,1-4H3/t10-/m1/s1. The van der Waals surface area contributed by atoms with Crippen LogP contribution >= 0.6 is 7.60 Å². The average molecular weight is 268 g/mol. The van der Waals surface area contributed by atoms with Crippen LogP contribution in [0.4, 0.5) is 0 Å². The fourth-order valence-electron chi connectivity index (χ4n) is 1.24. The first kappa shape index (κ1) is 16.6. The maximum Gasteiger partial charge on any atom is 0.362 e. The minimum absolute atomic E-state index is 0.121. The molecule has 17 heavy (non-hydrogen) atoms. The van der Waals surface area contributed by atoms with Gasteiger partial charge in [-0.3, -0.25) is 9.36 Å². The third-order valence-corrected chi connectivity index (χ3v) is 4.51. The molecule has 0 heterocycles. The highest BCUT2D eigenvalue weighted by Gasteiger charge is 2.47. The lowest BCUT2D eigenvalue weighted by molar-refractivity contribution is -0.146. The van der Waals surface area contributed by atoms with Gasteiger partial charge in [0.1, 0.15) is 0 Å². The first-order valence-corrected chi connectivity index (χ1v) is 7.14. The lowest BCUT2D eigenvalue weighted by Gasteiger charge is -2.30. The SMILES string of the molecule is CCOC(=O)C[C@](C)(O)P(=O)(OCC)OCC. The zero-order chi connectivity index (χ0) is 13.5. The van der Waals surface area contributed by atoms with E-state index in [9.17, 15) is 14.5 Å². The Bertz CT molecular complexity index is 279. The number of carbonyl (C=O) groups is 1. The van der Waals surface area contributed by atoms with E-state index in [0.717, 1.165) is 0 Å². The van der Waals surface area contributed by atoms with Crippen LogP contribution in [0.3, 0.4) is 0 Å². The van der Waals surface area contributed by atoms with Gasteiger partial charge in [-0.15, -0.1) is 0 Å². The summed E-state index contributed by atoms with van der Waals surface area (Å²) < 4.78 is 26.9. The summed E-state index contributed by atoms with van der Waals surface area (Å²) in [5.41, 5.74) is 0. The molecule has 0 spiro atoms. The van der Waals surface area contributed by atoms with Crippen LogP contribution in [0.5, 0.6) is 0 Å². The Balaban J connectivity index is 4.82. The molecule has 0 bridgehead atoms. The Morgan fingerprint density at radius 3 is 2.00 bits per heavy atom. The molecule has 0 aliphatic rings. The summed E-state index contributed by atoms with van der Waals surface area (Å²) in [7, 11) is -3.75. The second kappa shape index (κ2) is 7.11. The highest BCUT2D eigenvalue weighted by molar-refractivity contribution is 7.55. The molecule has 0 aliphatic heterocycles. The summed E-state index contributed by atoms with van der Waals surface area (Å²) in [6, 6.07) is 0. The van der Waals surface area contributed by atoms with Crippen LogP contribution in [0.15, 0.2) is 0 Å². The Kier molecular flexibility index (Phi) is 6.94. The summed E-state index contributed by atoms with van der Waals surface area (Å²) in [5.74, 6) is -0.642. The molecular formula is C10H21O6P. The number of hydrogen-bond donors (Lipinski definition) is 1. The van der Waals surface area contributed by atoms with Gasteiger partial charge in [-0.2, -0.15) is 0 Å². The van der Waals surface area contributed by atoms with Gasteiger partial charge in [0.15, 0.2) is 5.34 Å². The molecule has 102 valence electrons. The number of carbonyl (C=O) groups excluding carboxylic acids is 1. The van der Waals surface area contributed by atoms with Crippen LogP contribution in [-0.2, 0) is 23.1 Å². The summed E-state index contributed by atoms with van der Waals surface area (Å²) in [5, 5.41) is 8.20. The van der Waals surface area contributed by atoms with E-state index in [1.165, 1.54) is 6.92 Å². The Morgan fingerprint density at radius 2 is 1.65 bits per heavy atom. The molecule has 0 aromatic carbocycles. The maximum absolute atomic E-state index is 12.3. The Morgan fingerprint density at radius 1 is 1.18 bits per heavy atom. The van der Waals surface area contributed by atoms with Gasteiger partial charge in [0, 0.05) is 0 Å². The van der Waals surface area contributed by atoms with Gasteiger partial charge in [0.25, 0.3) is 0 Å². The van der Waals surface area contributed by atoms with Crippen LogP contribution in [0, 0.1) is 0 Å². The molecular weight excluding hydrogens is 247 g/mol.